The Labute approximate surface area is 155 Å². The van der Waals surface area contributed by atoms with Crippen LogP contribution in [0.1, 0.15) is 15.9 Å². The van der Waals surface area contributed by atoms with Gasteiger partial charge in [-0.2, -0.15) is 0 Å². The van der Waals surface area contributed by atoms with Crippen molar-refractivity contribution in [1.82, 2.24) is 10.6 Å². The van der Waals surface area contributed by atoms with Crippen molar-refractivity contribution in [1.29, 1.82) is 0 Å². The highest BCUT2D eigenvalue weighted by molar-refractivity contribution is 9.10. The number of hydrogen-bond donors (Lipinski definition) is 2. The van der Waals surface area contributed by atoms with Gasteiger partial charge in [0.2, 0.25) is 5.91 Å². The second-order valence-corrected chi connectivity index (χ2v) is 6.05. The summed E-state index contributed by atoms with van der Waals surface area (Å²) in [6.45, 7) is 0.699. The predicted molar refractivity (Wildman–Crippen MR) is 102 cm³/mol. The van der Waals surface area contributed by atoms with Crippen molar-refractivity contribution in [3.63, 3.8) is 0 Å². The summed E-state index contributed by atoms with van der Waals surface area (Å²) >= 11 is 3.39. The van der Waals surface area contributed by atoms with Crippen molar-refractivity contribution in [3.8, 4) is 5.75 Å². The number of hydrogen-bond acceptors (Lipinski definition) is 3. The van der Waals surface area contributed by atoms with Gasteiger partial charge in [-0.1, -0.05) is 34.1 Å². The Morgan fingerprint density at radius 2 is 1.80 bits per heavy atom. The third-order valence-electron chi connectivity index (χ3n) is 3.35. The van der Waals surface area contributed by atoms with Crippen LogP contribution in [0.25, 0.3) is 6.08 Å². The van der Waals surface area contributed by atoms with Crippen LogP contribution in [0, 0.1) is 0 Å². The number of amides is 2. The maximum atomic E-state index is 11.9. The Kier molecular flexibility index (Phi) is 7.22. The molecule has 0 radical (unpaired) electrons. The molecule has 0 spiro atoms. The van der Waals surface area contributed by atoms with Crippen molar-refractivity contribution in [2.75, 3.05) is 20.2 Å². The summed E-state index contributed by atoms with van der Waals surface area (Å²) in [4.78, 5) is 23.7. The average molecular weight is 403 g/mol. The van der Waals surface area contributed by atoms with Gasteiger partial charge in [0.05, 0.1) is 7.11 Å². The topological polar surface area (TPSA) is 67.4 Å². The maximum absolute atomic E-state index is 11.9. The summed E-state index contributed by atoms with van der Waals surface area (Å²) in [5.41, 5.74) is 1.39. The van der Waals surface area contributed by atoms with E-state index in [9.17, 15) is 9.59 Å². The molecule has 0 saturated heterocycles. The first-order chi connectivity index (χ1) is 12.1. The van der Waals surface area contributed by atoms with Crippen molar-refractivity contribution in [3.05, 3.63) is 70.2 Å². The number of benzene rings is 2. The van der Waals surface area contributed by atoms with Gasteiger partial charge >= 0.3 is 0 Å². The molecule has 130 valence electrons. The monoisotopic (exact) mass is 402 g/mol. The zero-order valence-corrected chi connectivity index (χ0v) is 15.4. The van der Waals surface area contributed by atoms with Crippen LogP contribution in [0.3, 0.4) is 0 Å². The van der Waals surface area contributed by atoms with Gasteiger partial charge in [0, 0.05) is 34.8 Å². The quantitative estimate of drug-likeness (QED) is 0.552. The van der Waals surface area contributed by atoms with Crippen LogP contribution in [0.5, 0.6) is 5.75 Å². The number of halogens is 1. The summed E-state index contributed by atoms with van der Waals surface area (Å²) in [5, 5.41) is 5.47. The van der Waals surface area contributed by atoms with E-state index in [2.05, 4.69) is 26.6 Å². The van der Waals surface area contributed by atoms with Crippen LogP contribution in [0.15, 0.2) is 59.1 Å². The zero-order valence-electron chi connectivity index (χ0n) is 13.8. The predicted octanol–water partition coefficient (Wildman–Crippen LogP) is 3.02. The van der Waals surface area contributed by atoms with Gasteiger partial charge in [-0.15, -0.1) is 0 Å². The normalized spacial score (nSPS) is 10.5. The summed E-state index contributed by atoms with van der Waals surface area (Å²) in [6.07, 6.45) is 3.12. The summed E-state index contributed by atoms with van der Waals surface area (Å²) in [5.74, 6) is 0.280. The molecule has 0 aliphatic rings. The maximum Gasteiger partial charge on any atom is 0.251 e. The van der Waals surface area contributed by atoms with E-state index in [0.717, 1.165) is 10.0 Å². The summed E-state index contributed by atoms with van der Waals surface area (Å²) < 4.78 is 6.15. The Balaban J connectivity index is 1.77. The first kappa shape index (κ1) is 18.7. The molecule has 25 heavy (non-hydrogen) atoms. The molecule has 2 N–H and O–H groups in total. The molecule has 0 saturated carbocycles. The molecule has 2 aromatic rings. The molecule has 0 unspecified atom stereocenters. The number of methoxy groups -OCH3 is 1. The largest absolute Gasteiger partial charge is 0.496 e. The molecule has 2 aromatic carbocycles. The van der Waals surface area contributed by atoms with Crippen LogP contribution in [-0.4, -0.2) is 32.0 Å². The standard InChI is InChI=1S/C19H19BrN2O3/c1-25-17-9-8-16(20)13-15(17)7-10-18(23)21-11-12-22-19(24)14-5-3-2-4-6-14/h2-10,13H,11-12H2,1H3,(H,21,23)(H,22,24)/b10-7+. The number of rotatable bonds is 7. The molecule has 0 aliphatic heterocycles. The Morgan fingerprint density at radius 1 is 1.08 bits per heavy atom. The van der Waals surface area contributed by atoms with E-state index in [0.29, 0.717) is 24.4 Å². The molecule has 0 atom stereocenters. The van der Waals surface area contributed by atoms with E-state index in [1.54, 1.807) is 37.5 Å². The van der Waals surface area contributed by atoms with Crippen LogP contribution < -0.4 is 15.4 Å². The van der Waals surface area contributed by atoms with Gasteiger partial charge < -0.3 is 15.4 Å². The van der Waals surface area contributed by atoms with Gasteiger partial charge in [-0.25, -0.2) is 0 Å². The minimum atomic E-state index is -0.240. The summed E-state index contributed by atoms with van der Waals surface area (Å²) in [6, 6.07) is 14.5. The van der Waals surface area contributed by atoms with E-state index < -0.39 is 0 Å². The summed E-state index contributed by atoms with van der Waals surface area (Å²) in [7, 11) is 1.58. The lowest BCUT2D eigenvalue weighted by molar-refractivity contribution is -0.116. The molecule has 5 nitrogen and oxygen atoms in total. The molecular weight excluding hydrogens is 384 g/mol. The fraction of sp³-hybridized carbons (Fsp3) is 0.158. The molecule has 6 heteroatoms. The SMILES string of the molecule is COc1ccc(Br)cc1/C=C/C(=O)NCCNC(=O)c1ccccc1. The Morgan fingerprint density at radius 3 is 2.52 bits per heavy atom. The van der Waals surface area contributed by atoms with Gasteiger partial charge in [-0.05, 0) is 36.4 Å². The van der Waals surface area contributed by atoms with Crippen LogP contribution in [-0.2, 0) is 4.79 Å². The van der Waals surface area contributed by atoms with E-state index in [4.69, 9.17) is 4.74 Å². The Bertz CT molecular complexity index is 761. The molecule has 0 fully saturated rings. The van der Waals surface area contributed by atoms with Crippen molar-refractivity contribution in [2.45, 2.75) is 0 Å². The van der Waals surface area contributed by atoms with Gasteiger partial charge in [0.1, 0.15) is 5.75 Å². The van der Waals surface area contributed by atoms with Crippen LogP contribution in [0.4, 0.5) is 0 Å². The minimum Gasteiger partial charge on any atom is -0.496 e. The first-order valence-corrected chi connectivity index (χ1v) is 8.52. The molecule has 0 bridgehead atoms. The lowest BCUT2D eigenvalue weighted by Crippen LogP contribution is -2.33. The fourth-order valence-corrected chi connectivity index (χ4v) is 2.49. The van der Waals surface area contributed by atoms with Crippen LogP contribution >= 0.6 is 15.9 Å². The average Bonchev–Trinajstić information content (AvgIpc) is 2.64. The third kappa shape index (κ3) is 6.08. The number of nitrogens with one attached hydrogen (secondary N) is 2. The van der Waals surface area contributed by atoms with Crippen LogP contribution in [0.2, 0.25) is 0 Å². The van der Waals surface area contributed by atoms with Gasteiger partial charge in [0.15, 0.2) is 0 Å². The fourth-order valence-electron chi connectivity index (χ4n) is 2.11. The highest BCUT2D eigenvalue weighted by Gasteiger charge is 2.04. The number of ether oxygens (including phenoxy) is 1. The lowest BCUT2D eigenvalue weighted by atomic mass is 10.2. The van der Waals surface area contributed by atoms with E-state index in [1.807, 2.05) is 24.3 Å². The smallest absolute Gasteiger partial charge is 0.251 e. The van der Waals surface area contributed by atoms with E-state index in [-0.39, 0.29) is 11.8 Å². The van der Waals surface area contributed by atoms with Crippen molar-refractivity contribution < 1.29 is 14.3 Å². The van der Waals surface area contributed by atoms with Crippen molar-refractivity contribution in [2.24, 2.45) is 0 Å². The second-order valence-electron chi connectivity index (χ2n) is 5.13. The molecular formula is C19H19BrN2O3. The Hall–Kier alpha value is -2.60. The second kappa shape index (κ2) is 9.64. The zero-order chi connectivity index (χ0) is 18.1. The molecule has 0 heterocycles. The lowest BCUT2D eigenvalue weighted by Gasteiger charge is -2.06. The molecule has 2 amide bonds. The molecule has 0 aromatic heterocycles. The highest BCUT2D eigenvalue weighted by Crippen LogP contribution is 2.23. The van der Waals surface area contributed by atoms with E-state index >= 15 is 0 Å². The minimum absolute atomic E-state index is 0.163. The third-order valence-corrected chi connectivity index (χ3v) is 3.85. The van der Waals surface area contributed by atoms with E-state index in [1.165, 1.54) is 6.08 Å². The highest BCUT2D eigenvalue weighted by atomic mass is 79.9. The first-order valence-electron chi connectivity index (χ1n) is 7.73. The van der Waals surface area contributed by atoms with Gasteiger partial charge in [0.25, 0.3) is 5.91 Å². The molecule has 2 rings (SSSR count). The van der Waals surface area contributed by atoms with Gasteiger partial charge in [-0.3, -0.25) is 9.59 Å². The number of carbonyl (C=O) groups excluding carboxylic acids is 2. The van der Waals surface area contributed by atoms with Crippen molar-refractivity contribution >= 4 is 33.8 Å². The molecule has 0 aliphatic carbocycles. The number of carbonyl (C=O) groups is 2.